The molecule has 4 aromatic carbocycles. The number of carboxylic acids is 2. The number of urea groups is 2. The Labute approximate surface area is 797 Å². The Morgan fingerprint density at radius 3 is 1.41 bits per heavy atom. The van der Waals surface area contributed by atoms with Crippen molar-refractivity contribution in [1.82, 2.24) is 70.8 Å². The number of pyridine rings is 2. The maximum absolute atomic E-state index is 15.1. The number of carboxylic acid groups (broad SMARTS) is 2. The van der Waals surface area contributed by atoms with E-state index in [1.54, 1.807) is 87.0 Å². The minimum Gasteiger partial charge on any atom is -0.497 e. The molecule has 4 aliphatic carbocycles. The number of imide groups is 1. The van der Waals surface area contributed by atoms with Crippen molar-refractivity contribution in [3.05, 3.63) is 149 Å². The first-order chi connectivity index (χ1) is 65.5. The number of benzene rings is 4. The number of hydrogen-bond donors (Lipinski definition) is 10. The topological polar surface area (TPSA) is 443 Å². The number of methoxy groups -OCH3 is 2. The van der Waals surface area contributed by atoms with E-state index in [0.29, 0.717) is 110 Å². The van der Waals surface area contributed by atoms with Gasteiger partial charge in [-0.25, -0.2) is 47.5 Å². The Morgan fingerprint density at radius 1 is 0.529 bits per heavy atom. The number of nitrogens with zero attached hydrogens (tertiary/aromatic N) is 8. The molecule has 0 radical (unpaired) electrons. The lowest BCUT2D eigenvalue weighted by molar-refractivity contribution is -0.146. The summed E-state index contributed by atoms with van der Waals surface area (Å²) in [5.41, 5.74) is 1.84. The molecular weight excluding hydrogens is 1800 g/mol. The van der Waals surface area contributed by atoms with Crippen molar-refractivity contribution in [2.45, 2.75) is 252 Å². The highest BCUT2D eigenvalue weighted by Crippen LogP contribution is 2.48. The summed E-state index contributed by atoms with van der Waals surface area (Å²) in [6.45, 7) is 8.30. The predicted octanol–water partition coefficient (Wildman–Crippen LogP) is 13.0. The molecule has 4 saturated carbocycles. The van der Waals surface area contributed by atoms with Gasteiger partial charge in [0.15, 0.2) is 10.3 Å². The third-order valence-electron chi connectivity index (χ3n) is 27.9. The molecule has 18 rings (SSSR count). The van der Waals surface area contributed by atoms with Crippen LogP contribution in [0.4, 0.5) is 19.9 Å². The van der Waals surface area contributed by atoms with Crippen LogP contribution in [0.2, 0.25) is 0 Å². The molecule has 10 N–H and O–H groups in total. The average molecular weight is 1920 g/mol. The summed E-state index contributed by atoms with van der Waals surface area (Å²) in [6, 6.07) is 21.7. The first-order valence-electron chi connectivity index (χ1n) is 47.5. The molecular formula is C99H118N16O18S3. The number of ether oxygens (including phenoxy) is 4. The first kappa shape index (κ1) is 95.4. The monoisotopic (exact) mass is 1910 g/mol. The van der Waals surface area contributed by atoms with Gasteiger partial charge in [-0.15, -0.1) is 22.7 Å². The molecule has 6 aliphatic heterocycles. The second-order valence-electron chi connectivity index (χ2n) is 38.0. The molecule has 0 spiro atoms. The highest BCUT2D eigenvalue weighted by atomic mass is 32.2. The molecule has 8 aromatic rings. The smallest absolute Gasteiger partial charge is 0.330 e. The number of amides is 10. The summed E-state index contributed by atoms with van der Waals surface area (Å²) in [6.07, 6.45) is 20.0. The molecule has 10 heterocycles. The number of thiazole rings is 2. The quantitative estimate of drug-likeness (QED) is 0.0198. The lowest BCUT2D eigenvalue weighted by Gasteiger charge is -2.36. The summed E-state index contributed by atoms with van der Waals surface area (Å²) < 4.78 is 53.5. The van der Waals surface area contributed by atoms with Crippen molar-refractivity contribution in [3.63, 3.8) is 0 Å². The summed E-state index contributed by atoms with van der Waals surface area (Å²) in [5, 5.41) is 51.8. The number of rotatable bonds is 24. The minimum atomic E-state index is -3.78. The number of hydrogen-bond acceptors (Lipinski definition) is 24. The van der Waals surface area contributed by atoms with Crippen molar-refractivity contribution in [2.75, 3.05) is 51.0 Å². The Kier molecular flexibility index (Phi) is 28.7. The molecule has 720 valence electrons. The lowest BCUT2D eigenvalue weighted by atomic mass is 9.79. The zero-order valence-corrected chi connectivity index (χ0v) is 79.6. The van der Waals surface area contributed by atoms with E-state index < -0.39 is 141 Å². The molecule has 10 amide bonds. The largest absolute Gasteiger partial charge is 0.497 e. The molecule has 4 aromatic heterocycles. The number of carbonyl (C=O) groups excluding carboxylic acids is 8. The molecule has 6 fully saturated rings. The first-order valence-corrected chi connectivity index (χ1v) is 50.7. The van der Waals surface area contributed by atoms with Gasteiger partial charge in [-0.1, -0.05) is 106 Å². The van der Waals surface area contributed by atoms with Crippen LogP contribution in [0.1, 0.15) is 195 Å². The number of allylic oxidation sites excluding steroid dienone is 2. The normalized spacial score (nSPS) is 25.7. The number of fused-ring (bicyclic) bond motifs is 8. The van der Waals surface area contributed by atoms with Crippen molar-refractivity contribution >= 4 is 124 Å². The Morgan fingerprint density at radius 2 is 0.971 bits per heavy atom. The van der Waals surface area contributed by atoms with Gasteiger partial charge in [-0.3, -0.25) is 33.7 Å². The maximum Gasteiger partial charge on any atom is 0.330 e. The Balaban J connectivity index is 0.000000189. The summed E-state index contributed by atoms with van der Waals surface area (Å²) in [7, 11) is -0.634. The van der Waals surface area contributed by atoms with Crippen molar-refractivity contribution in [1.29, 1.82) is 0 Å². The second kappa shape index (κ2) is 40.9. The van der Waals surface area contributed by atoms with Crippen LogP contribution in [0.15, 0.2) is 137 Å². The van der Waals surface area contributed by atoms with E-state index in [4.69, 9.17) is 38.9 Å². The molecule has 136 heavy (non-hydrogen) atoms. The van der Waals surface area contributed by atoms with Gasteiger partial charge in [0.25, 0.3) is 11.8 Å². The van der Waals surface area contributed by atoms with Gasteiger partial charge >= 0.3 is 24.0 Å². The maximum atomic E-state index is 15.1. The minimum absolute atomic E-state index is 0.0178. The predicted molar refractivity (Wildman–Crippen MR) is 511 cm³/mol. The van der Waals surface area contributed by atoms with Crippen LogP contribution in [0.5, 0.6) is 23.0 Å². The van der Waals surface area contributed by atoms with E-state index in [1.807, 2.05) is 87.0 Å². The molecule has 2 unspecified atom stereocenters. The summed E-state index contributed by atoms with van der Waals surface area (Å²) in [5.74, 6) is -4.06. The fraction of sp³-hybridized carbons (Fsp3) is 0.495. The van der Waals surface area contributed by atoms with Crippen LogP contribution in [0.25, 0.3) is 44.6 Å². The van der Waals surface area contributed by atoms with Gasteiger partial charge in [0.05, 0.1) is 71.8 Å². The number of carbonyl (C=O) groups is 10. The molecule has 2 saturated heterocycles. The third-order valence-corrected chi connectivity index (χ3v) is 31.4. The molecule has 10 aliphatic rings. The van der Waals surface area contributed by atoms with E-state index >= 15 is 9.59 Å². The van der Waals surface area contributed by atoms with E-state index in [2.05, 4.69) is 42.5 Å². The van der Waals surface area contributed by atoms with Crippen molar-refractivity contribution in [3.8, 4) is 45.8 Å². The molecule has 37 heteroatoms. The van der Waals surface area contributed by atoms with E-state index in [0.717, 1.165) is 87.3 Å². The number of aromatic nitrogens is 4. The third kappa shape index (κ3) is 20.8. The lowest BCUT2D eigenvalue weighted by Crippen LogP contribution is -2.59. The SMILES string of the molecule is COc1ccc2c(O[C@@H]3C[C@H]4C(=O)N[C@]5(C(=O)O)CC5/C=C\CCCCC[C@H](NC(=O)N[C@H](CN5C(=O)c6ccccc6C5=O)C5CCC5)C(=O)N4C3)cc(-c3csc(NC(C)C)n3)nc2c1.COc1ccc2c(O[C@@H]3C[C@H]4C(=O)N[C@]5(C(=O)O)CC5/C=C\CCCCC[C@H](NC(=O)N[C@H](CN5Cc6ccccc6S5(=O)=O)C5CCCCC5)C(=O)N4C3)cc(-c3csc(NC(C)C)n3)nc2c1. The van der Waals surface area contributed by atoms with E-state index in [9.17, 15) is 57.0 Å². The van der Waals surface area contributed by atoms with Crippen LogP contribution >= 0.6 is 22.7 Å². The summed E-state index contributed by atoms with van der Waals surface area (Å²) in [4.78, 5) is 164. The van der Waals surface area contributed by atoms with Crippen LogP contribution in [-0.4, -0.2) is 229 Å². The second-order valence-corrected chi connectivity index (χ2v) is 41.6. The zero-order chi connectivity index (χ0) is 95.4. The van der Waals surface area contributed by atoms with Crippen LogP contribution in [-0.2, 0) is 45.3 Å². The number of sulfonamides is 1. The van der Waals surface area contributed by atoms with E-state index in [1.165, 1.54) is 41.7 Å². The number of aliphatic carboxylic acids is 2. The standard InChI is InChI=1S/C50H62N8O9S2.C49H56N8O9S/c1-30(2)51-49-55-41(29-68-49)39-24-43(36-21-20-34(66-3)22-38(36)52-39)67-35-23-42-45(59)56-50(47(61)62)25-33(50)17-10-5-4-6-11-18-37(46(60)58(42)27-35)53-48(63)54-40(31-14-8-7-9-15-31)28-57-26-32-16-12-13-19-44(32)69(57,64)65;1-27(2)50-48-54-39(26-67-48)37-22-41(34-19-18-30(65-3)20-36(34)51-37)66-31-21-40-42(58)55-49(46(62)63)23-29(49)14-7-5-4-6-8-17-35(45(61)56(40)24-31)52-47(64)53-38(28-12-11-13-28)25-57-43(59)32-15-9-10-16-33(32)44(57)60/h10,12-13,16-17,19-22,24,29-31,33,35,37,40,42H,4-9,11,14-15,18,23,25-28H2,1-3H3,(H,51,55)(H,56,59)(H,61,62)(H2,53,54,63);7,9-10,14-16,18-20,22,26-29,31,35,38,40H,4-6,8,11-13,17,21,23-25H2,1-3H3,(H,50,54)(H,55,58)(H,62,63)(H2,52,53,64)/b17-10-;14-7-/t33?,35-,37+,40-,42+,50-;29?,31-,35+,38-,40+,49-/m11/s1. The van der Waals surface area contributed by atoms with Crippen molar-refractivity contribution in [2.24, 2.45) is 23.7 Å². The average Bonchev–Trinajstić information content (AvgIpc) is 1.58. The molecule has 0 bridgehead atoms. The van der Waals surface area contributed by atoms with Crippen molar-refractivity contribution < 1.29 is 85.5 Å². The van der Waals surface area contributed by atoms with Crippen LogP contribution < -0.4 is 61.5 Å². The summed E-state index contributed by atoms with van der Waals surface area (Å²) >= 11 is 2.90. The fourth-order valence-electron chi connectivity index (χ4n) is 20.2. The number of anilines is 2. The van der Waals surface area contributed by atoms with Gasteiger partial charge in [0.1, 0.15) is 81.8 Å². The number of nitrogens with one attached hydrogen (secondary N) is 8. The van der Waals surface area contributed by atoms with Gasteiger partial charge in [-0.2, -0.15) is 4.31 Å². The molecule has 12 atom stereocenters. The van der Waals surface area contributed by atoms with Crippen LogP contribution in [0.3, 0.4) is 0 Å². The van der Waals surface area contributed by atoms with Gasteiger partial charge < -0.3 is 81.5 Å². The van der Waals surface area contributed by atoms with Crippen LogP contribution in [0, 0.1) is 23.7 Å². The fourth-order valence-corrected chi connectivity index (χ4v) is 23.5. The highest BCUT2D eigenvalue weighted by molar-refractivity contribution is 7.89. The Hall–Kier alpha value is -12.4. The zero-order valence-electron chi connectivity index (χ0n) is 77.1. The molecule has 34 nitrogen and oxygen atoms in total. The van der Waals surface area contributed by atoms with E-state index in [-0.39, 0.29) is 100 Å². The van der Waals surface area contributed by atoms with Gasteiger partial charge in [0.2, 0.25) is 33.7 Å². The van der Waals surface area contributed by atoms with Gasteiger partial charge in [0, 0.05) is 108 Å². The Bertz CT molecular complexity index is 6040. The van der Waals surface area contributed by atoms with Gasteiger partial charge in [-0.05, 0) is 165 Å². The highest BCUT2D eigenvalue weighted by Gasteiger charge is 2.63.